The fraction of sp³-hybridized carbons (Fsp3) is 0.500. The highest BCUT2D eigenvalue weighted by Gasteiger charge is 2.31. The molecule has 0 aromatic carbocycles. The van der Waals surface area contributed by atoms with Gasteiger partial charge in [-0.05, 0) is 18.2 Å². The first kappa shape index (κ1) is 13.9. The summed E-state index contributed by atoms with van der Waals surface area (Å²) in [6.45, 7) is 0. The molecular formula is C10H13NO4S3. The summed E-state index contributed by atoms with van der Waals surface area (Å²) in [5.74, 6) is 0.661. The van der Waals surface area contributed by atoms with Gasteiger partial charge in [-0.15, -0.1) is 11.3 Å². The molecule has 1 aromatic heterocycles. The minimum Gasteiger partial charge on any atom is -0.478 e. The van der Waals surface area contributed by atoms with E-state index in [1.54, 1.807) is 18.8 Å². The van der Waals surface area contributed by atoms with E-state index in [2.05, 4.69) is 0 Å². The van der Waals surface area contributed by atoms with Crippen LogP contribution in [0.5, 0.6) is 0 Å². The van der Waals surface area contributed by atoms with Crippen LogP contribution in [0, 0.1) is 0 Å². The van der Waals surface area contributed by atoms with Crippen molar-refractivity contribution in [2.45, 2.75) is 16.7 Å². The molecule has 0 bridgehead atoms. The number of carboxylic acids is 1. The van der Waals surface area contributed by atoms with Gasteiger partial charge in [0.2, 0.25) is 0 Å². The molecular weight excluding hydrogens is 294 g/mol. The zero-order chi connectivity index (χ0) is 13.3. The first-order valence-corrected chi connectivity index (χ1v) is 8.78. The Morgan fingerprint density at radius 3 is 2.78 bits per heavy atom. The van der Waals surface area contributed by atoms with E-state index in [0.717, 1.165) is 29.3 Å². The van der Waals surface area contributed by atoms with Crippen LogP contribution in [0.4, 0.5) is 0 Å². The smallest absolute Gasteiger partial charge is 0.336 e. The minimum absolute atomic E-state index is 0.00961. The molecule has 0 radical (unpaired) electrons. The van der Waals surface area contributed by atoms with Crippen molar-refractivity contribution in [2.75, 3.05) is 18.6 Å². The molecule has 1 fully saturated rings. The fourth-order valence-corrected chi connectivity index (χ4v) is 5.80. The third-order valence-corrected chi connectivity index (χ3v) is 7.35. The zero-order valence-corrected chi connectivity index (χ0v) is 12.1. The van der Waals surface area contributed by atoms with E-state index < -0.39 is 16.0 Å². The number of nitrogens with zero attached hydrogens (tertiary/aromatic N) is 1. The van der Waals surface area contributed by atoms with Crippen LogP contribution >= 0.6 is 23.1 Å². The maximum atomic E-state index is 12.3. The van der Waals surface area contributed by atoms with Gasteiger partial charge in [-0.3, -0.25) is 0 Å². The summed E-state index contributed by atoms with van der Waals surface area (Å²) < 4.78 is 26.0. The second kappa shape index (κ2) is 5.20. The van der Waals surface area contributed by atoms with Gasteiger partial charge in [0, 0.05) is 24.2 Å². The van der Waals surface area contributed by atoms with Crippen LogP contribution in [-0.4, -0.2) is 48.4 Å². The van der Waals surface area contributed by atoms with E-state index in [4.69, 9.17) is 5.11 Å². The van der Waals surface area contributed by atoms with Gasteiger partial charge in [-0.1, -0.05) is 0 Å². The van der Waals surface area contributed by atoms with Gasteiger partial charge in [-0.2, -0.15) is 16.1 Å². The molecule has 100 valence electrons. The highest BCUT2D eigenvalue weighted by molar-refractivity contribution is 7.99. The molecule has 8 heteroatoms. The van der Waals surface area contributed by atoms with Crippen LogP contribution in [0.2, 0.25) is 0 Å². The van der Waals surface area contributed by atoms with Crippen molar-refractivity contribution in [3.05, 3.63) is 17.0 Å². The molecule has 1 unspecified atom stereocenters. The molecule has 1 saturated heterocycles. The summed E-state index contributed by atoms with van der Waals surface area (Å²) in [5, 5.41) is 10.2. The first-order chi connectivity index (χ1) is 8.43. The molecule has 0 amide bonds. The van der Waals surface area contributed by atoms with Crippen molar-refractivity contribution in [1.82, 2.24) is 4.31 Å². The monoisotopic (exact) mass is 307 g/mol. The van der Waals surface area contributed by atoms with Crippen molar-refractivity contribution < 1.29 is 18.3 Å². The maximum absolute atomic E-state index is 12.3. The van der Waals surface area contributed by atoms with Crippen LogP contribution in [0.15, 0.2) is 15.7 Å². The molecule has 0 aliphatic carbocycles. The standard InChI is InChI=1S/C10H13NO4S3/c1-11(8-2-3-16-6-8)18(14,15)9-4-7(5-17-9)10(12)13/h4-5,8H,2-3,6H2,1H3,(H,12,13). The lowest BCUT2D eigenvalue weighted by Crippen LogP contribution is -2.36. The van der Waals surface area contributed by atoms with Gasteiger partial charge in [0.15, 0.2) is 0 Å². The lowest BCUT2D eigenvalue weighted by Gasteiger charge is -2.22. The first-order valence-electron chi connectivity index (χ1n) is 5.30. The quantitative estimate of drug-likeness (QED) is 0.914. The van der Waals surface area contributed by atoms with Gasteiger partial charge in [-0.25, -0.2) is 13.2 Å². The van der Waals surface area contributed by atoms with Crippen LogP contribution in [0.1, 0.15) is 16.8 Å². The highest BCUT2D eigenvalue weighted by atomic mass is 32.2. The lowest BCUT2D eigenvalue weighted by molar-refractivity contribution is 0.0697. The van der Waals surface area contributed by atoms with Crippen LogP contribution in [-0.2, 0) is 10.0 Å². The Balaban J connectivity index is 2.26. The topological polar surface area (TPSA) is 74.7 Å². The SMILES string of the molecule is CN(C1CCSC1)S(=O)(=O)c1cc(C(=O)O)cs1. The highest BCUT2D eigenvalue weighted by Crippen LogP contribution is 2.29. The summed E-state index contributed by atoms with van der Waals surface area (Å²) in [7, 11) is -2.00. The van der Waals surface area contributed by atoms with Gasteiger partial charge >= 0.3 is 5.97 Å². The number of carboxylic acid groups (broad SMARTS) is 1. The molecule has 0 spiro atoms. The fourth-order valence-electron chi connectivity index (χ4n) is 1.71. The molecule has 1 aromatic rings. The van der Waals surface area contributed by atoms with E-state index in [-0.39, 0.29) is 15.8 Å². The average molecular weight is 307 g/mol. The molecule has 18 heavy (non-hydrogen) atoms. The third-order valence-electron chi connectivity index (χ3n) is 2.88. The molecule has 5 nitrogen and oxygen atoms in total. The van der Waals surface area contributed by atoms with Gasteiger partial charge in [0.25, 0.3) is 10.0 Å². The lowest BCUT2D eigenvalue weighted by atomic mass is 10.3. The molecule has 2 rings (SSSR count). The zero-order valence-electron chi connectivity index (χ0n) is 9.70. The Hall–Kier alpha value is -0.570. The van der Waals surface area contributed by atoms with E-state index in [1.807, 2.05) is 0 Å². The molecule has 1 atom stereocenters. The van der Waals surface area contributed by atoms with E-state index in [0.29, 0.717) is 0 Å². The predicted octanol–water partition coefficient (Wildman–Crippen LogP) is 1.57. The molecule has 1 N–H and O–H groups in total. The van der Waals surface area contributed by atoms with Crippen LogP contribution < -0.4 is 0 Å². The normalized spacial score (nSPS) is 20.4. The van der Waals surface area contributed by atoms with Gasteiger partial charge in [0.1, 0.15) is 4.21 Å². The van der Waals surface area contributed by atoms with Crippen molar-refractivity contribution in [1.29, 1.82) is 0 Å². The maximum Gasteiger partial charge on any atom is 0.336 e. The summed E-state index contributed by atoms with van der Waals surface area (Å²) in [4.78, 5) is 10.8. The van der Waals surface area contributed by atoms with Gasteiger partial charge in [0.05, 0.1) is 5.56 Å². The number of thiophene rings is 1. The molecule has 0 saturated carbocycles. The van der Waals surface area contributed by atoms with Crippen LogP contribution in [0.3, 0.4) is 0 Å². The summed E-state index contributed by atoms with van der Waals surface area (Å²) in [6.07, 6.45) is 0.845. The number of carbonyl (C=O) groups is 1. The predicted molar refractivity (Wildman–Crippen MR) is 72.0 cm³/mol. The van der Waals surface area contributed by atoms with Crippen LogP contribution in [0.25, 0.3) is 0 Å². The second-order valence-corrected chi connectivity index (χ2v) is 8.28. The number of hydrogen-bond acceptors (Lipinski definition) is 5. The average Bonchev–Trinajstić information content (AvgIpc) is 2.99. The molecule has 1 aliphatic rings. The summed E-state index contributed by atoms with van der Waals surface area (Å²) >= 11 is 2.69. The third kappa shape index (κ3) is 2.56. The van der Waals surface area contributed by atoms with Crippen molar-refractivity contribution >= 4 is 39.1 Å². The van der Waals surface area contributed by atoms with Crippen molar-refractivity contribution in [3.8, 4) is 0 Å². The van der Waals surface area contributed by atoms with E-state index in [1.165, 1.54) is 15.8 Å². The number of sulfonamides is 1. The van der Waals surface area contributed by atoms with E-state index in [9.17, 15) is 13.2 Å². The minimum atomic E-state index is -3.56. The molecule has 1 aliphatic heterocycles. The van der Waals surface area contributed by atoms with Crippen molar-refractivity contribution in [2.24, 2.45) is 0 Å². The Morgan fingerprint density at radius 2 is 2.28 bits per heavy atom. The van der Waals surface area contributed by atoms with E-state index >= 15 is 0 Å². The largest absolute Gasteiger partial charge is 0.478 e. The summed E-state index contributed by atoms with van der Waals surface area (Å²) in [6, 6.07) is 1.23. The Labute approximate surface area is 114 Å². The summed E-state index contributed by atoms with van der Waals surface area (Å²) in [5.41, 5.74) is 0.0211. The number of rotatable bonds is 4. The Morgan fingerprint density at radius 1 is 1.56 bits per heavy atom. The Kier molecular flexibility index (Phi) is 4.00. The second-order valence-electron chi connectivity index (χ2n) is 4.00. The van der Waals surface area contributed by atoms with Gasteiger partial charge < -0.3 is 5.11 Å². The number of thioether (sulfide) groups is 1. The number of hydrogen-bond donors (Lipinski definition) is 1. The molecule has 2 heterocycles. The number of aromatic carboxylic acids is 1. The Bertz CT molecular complexity index is 545. The van der Waals surface area contributed by atoms with Crippen molar-refractivity contribution in [3.63, 3.8) is 0 Å².